The van der Waals surface area contributed by atoms with Crippen LogP contribution in [0.2, 0.25) is 0 Å². The van der Waals surface area contributed by atoms with Crippen LogP contribution in [-0.2, 0) is 10.0 Å². The van der Waals surface area contributed by atoms with Crippen LogP contribution in [0.5, 0.6) is 0 Å². The molecule has 1 saturated heterocycles. The summed E-state index contributed by atoms with van der Waals surface area (Å²) in [6, 6.07) is 10.9. The molecule has 0 spiro atoms. The maximum atomic E-state index is 13.4. The molecule has 0 unspecified atom stereocenters. The number of hydrogen-bond acceptors (Lipinski definition) is 5. The van der Waals surface area contributed by atoms with Gasteiger partial charge in [0.25, 0.3) is 5.91 Å². The first-order valence-corrected chi connectivity index (χ1v) is 12.5. The third kappa shape index (κ3) is 4.43. The Morgan fingerprint density at radius 1 is 1.03 bits per heavy atom. The van der Waals surface area contributed by atoms with Gasteiger partial charge >= 0.3 is 0 Å². The number of hydrogen-bond donors (Lipinski definition) is 0. The minimum Gasteiger partial charge on any atom is -0.336 e. The van der Waals surface area contributed by atoms with Crippen LogP contribution < -0.4 is 0 Å². The van der Waals surface area contributed by atoms with Gasteiger partial charge in [-0.1, -0.05) is 37.6 Å². The van der Waals surface area contributed by atoms with Gasteiger partial charge in [0.1, 0.15) is 0 Å². The number of carbonyl (C=O) groups excluding carboxylic acids is 1. The standard InChI is InChI=1S/C24H29N5O3S/c1-17(2)23-20(16-26-29(23)22-7-5-6-10-25-22)24(30)27-11-13-28(14-12-27)33(31,32)21-9-8-18(3)15-19(21)4/h5-10,15-17H,11-14H2,1-4H3. The number of carbonyl (C=O) groups is 1. The predicted octanol–water partition coefficient (Wildman–Crippen LogP) is 3.15. The molecule has 0 atom stereocenters. The molecular weight excluding hydrogens is 438 g/mol. The van der Waals surface area contributed by atoms with Crippen molar-refractivity contribution in [2.45, 2.75) is 38.5 Å². The molecule has 1 aliphatic heterocycles. The summed E-state index contributed by atoms with van der Waals surface area (Å²) < 4.78 is 29.5. The lowest BCUT2D eigenvalue weighted by Crippen LogP contribution is -2.50. The summed E-state index contributed by atoms with van der Waals surface area (Å²) in [5.41, 5.74) is 3.08. The van der Waals surface area contributed by atoms with Crippen LogP contribution in [0.1, 0.15) is 46.9 Å². The second-order valence-electron chi connectivity index (χ2n) is 8.66. The molecule has 1 fully saturated rings. The van der Waals surface area contributed by atoms with Gasteiger partial charge in [0.2, 0.25) is 10.0 Å². The van der Waals surface area contributed by atoms with Crippen molar-refractivity contribution in [3.63, 3.8) is 0 Å². The Balaban J connectivity index is 1.53. The normalized spacial score (nSPS) is 15.2. The number of aromatic nitrogens is 3. The zero-order valence-corrected chi connectivity index (χ0v) is 20.2. The average Bonchev–Trinajstić information content (AvgIpc) is 3.24. The van der Waals surface area contributed by atoms with Crippen LogP contribution in [-0.4, -0.2) is 64.5 Å². The van der Waals surface area contributed by atoms with Gasteiger partial charge in [0, 0.05) is 32.4 Å². The van der Waals surface area contributed by atoms with Gasteiger partial charge < -0.3 is 4.90 Å². The summed E-state index contributed by atoms with van der Waals surface area (Å²) in [6.45, 7) is 8.95. The van der Waals surface area contributed by atoms with Crippen molar-refractivity contribution >= 4 is 15.9 Å². The summed E-state index contributed by atoms with van der Waals surface area (Å²) in [4.78, 5) is 19.8. The molecule has 2 aromatic heterocycles. The third-order valence-electron chi connectivity index (χ3n) is 5.92. The lowest BCUT2D eigenvalue weighted by molar-refractivity contribution is 0.0696. The highest BCUT2D eigenvalue weighted by atomic mass is 32.2. The number of rotatable bonds is 5. The molecule has 0 bridgehead atoms. The smallest absolute Gasteiger partial charge is 0.257 e. The molecule has 0 radical (unpaired) electrons. The fourth-order valence-electron chi connectivity index (χ4n) is 4.27. The SMILES string of the molecule is Cc1ccc(S(=O)(=O)N2CCN(C(=O)c3cnn(-c4ccccn4)c3C(C)C)CC2)c(C)c1. The summed E-state index contributed by atoms with van der Waals surface area (Å²) in [5, 5.41) is 4.43. The fourth-order valence-corrected chi connectivity index (χ4v) is 5.90. The molecule has 0 aliphatic carbocycles. The van der Waals surface area contributed by atoms with Crippen molar-refractivity contribution in [2.75, 3.05) is 26.2 Å². The second-order valence-corrected chi connectivity index (χ2v) is 10.6. The van der Waals surface area contributed by atoms with E-state index in [9.17, 15) is 13.2 Å². The average molecular weight is 468 g/mol. The van der Waals surface area contributed by atoms with Gasteiger partial charge in [-0.25, -0.2) is 18.1 Å². The van der Waals surface area contributed by atoms with Crippen molar-refractivity contribution in [1.29, 1.82) is 0 Å². The number of benzene rings is 1. The Labute approximate surface area is 194 Å². The predicted molar refractivity (Wildman–Crippen MR) is 126 cm³/mol. The molecule has 0 N–H and O–H groups in total. The van der Waals surface area contributed by atoms with Crippen LogP contribution >= 0.6 is 0 Å². The van der Waals surface area contributed by atoms with Crippen LogP contribution in [0.3, 0.4) is 0 Å². The van der Waals surface area contributed by atoms with Crippen molar-refractivity contribution < 1.29 is 13.2 Å². The molecular formula is C24H29N5O3S. The van der Waals surface area contributed by atoms with Crippen molar-refractivity contribution in [1.82, 2.24) is 24.0 Å². The van der Waals surface area contributed by atoms with Gasteiger partial charge in [-0.2, -0.15) is 9.40 Å². The highest BCUT2D eigenvalue weighted by Gasteiger charge is 2.33. The Morgan fingerprint density at radius 2 is 1.76 bits per heavy atom. The van der Waals surface area contributed by atoms with E-state index in [-0.39, 0.29) is 24.9 Å². The number of amides is 1. The van der Waals surface area contributed by atoms with Crippen molar-refractivity contribution in [2.24, 2.45) is 0 Å². The molecule has 174 valence electrons. The summed E-state index contributed by atoms with van der Waals surface area (Å²) in [5.74, 6) is 0.578. The zero-order valence-electron chi connectivity index (χ0n) is 19.4. The molecule has 0 saturated carbocycles. The molecule has 3 heterocycles. The van der Waals surface area contributed by atoms with E-state index >= 15 is 0 Å². The van der Waals surface area contributed by atoms with E-state index in [1.807, 2.05) is 58.0 Å². The monoisotopic (exact) mass is 467 g/mol. The summed E-state index contributed by atoms with van der Waals surface area (Å²) in [6.07, 6.45) is 3.28. The first-order chi connectivity index (χ1) is 15.7. The van der Waals surface area contributed by atoms with E-state index in [1.165, 1.54) is 4.31 Å². The molecule has 3 aromatic rings. The second kappa shape index (κ2) is 9.07. The molecule has 1 aromatic carbocycles. The van der Waals surface area contributed by atoms with E-state index in [1.54, 1.807) is 28.0 Å². The van der Waals surface area contributed by atoms with Crippen LogP contribution in [0.15, 0.2) is 53.7 Å². The Morgan fingerprint density at radius 3 is 2.36 bits per heavy atom. The molecule has 1 aliphatic rings. The largest absolute Gasteiger partial charge is 0.336 e. The molecule has 33 heavy (non-hydrogen) atoms. The van der Waals surface area contributed by atoms with Gasteiger partial charge in [-0.15, -0.1) is 0 Å². The minimum atomic E-state index is -3.61. The first kappa shape index (κ1) is 23.1. The van der Waals surface area contributed by atoms with Crippen LogP contribution in [0.25, 0.3) is 5.82 Å². The Kier molecular flexibility index (Phi) is 6.36. The topological polar surface area (TPSA) is 88.4 Å². The molecule has 1 amide bonds. The molecule has 8 nitrogen and oxygen atoms in total. The summed E-state index contributed by atoms with van der Waals surface area (Å²) in [7, 11) is -3.61. The number of pyridine rings is 1. The van der Waals surface area contributed by atoms with E-state index in [2.05, 4.69) is 10.1 Å². The van der Waals surface area contributed by atoms with E-state index in [4.69, 9.17) is 0 Å². The highest BCUT2D eigenvalue weighted by molar-refractivity contribution is 7.89. The van der Waals surface area contributed by atoms with Crippen LogP contribution in [0, 0.1) is 13.8 Å². The van der Waals surface area contributed by atoms with Gasteiger partial charge in [-0.3, -0.25) is 4.79 Å². The molecule has 4 rings (SSSR count). The van der Waals surface area contributed by atoms with Crippen molar-refractivity contribution in [3.05, 3.63) is 71.2 Å². The fraction of sp³-hybridized carbons (Fsp3) is 0.375. The zero-order chi connectivity index (χ0) is 23.8. The third-order valence-corrected chi connectivity index (χ3v) is 7.98. The number of nitrogens with zero attached hydrogens (tertiary/aromatic N) is 5. The van der Waals surface area contributed by atoms with Crippen LogP contribution in [0.4, 0.5) is 0 Å². The Bertz CT molecular complexity index is 1260. The lowest BCUT2D eigenvalue weighted by atomic mass is 10.0. The number of aryl methyl sites for hydroxylation is 2. The molecule has 9 heteroatoms. The van der Waals surface area contributed by atoms with E-state index in [0.29, 0.717) is 29.4 Å². The van der Waals surface area contributed by atoms with Gasteiger partial charge in [-0.05, 0) is 43.5 Å². The maximum Gasteiger partial charge on any atom is 0.257 e. The van der Waals surface area contributed by atoms with E-state index < -0.39 is 10.0 Å². The number of sulfonamides is 1. The Hall–Kier alpha value is -3.04. The van der Waals surface area contributed by atoms with E-state index in [0.717, 1.165) is 16.8 Å². The van der Waals surface area contributed by atoms with Gasteiger partial charge in [0.05, 0.1) is 22.3 Å². The first-order valence-electron chi connectivity index (χ1n) is 11.1. The lowest BCUT2D eigenvalue weighted by Gasteiger charge is -2.34. The highest BCUT2D eigenvalue weighted by Crippen LogP contribution is 2.26. The van der Waals surface area contributed by atoms with Gasteiger partial charge in [0.15, 0.2) is 5.82 Å². The number of piperazine rings is 1. The summed E-state index contributed by atoms with van der Waals surface area (Å²) >= 11 is 0. The minimum absolute atomic E-state index is 0.0552. The maximum absolute atomic E-state index is 13.4. The quantitative estimate of drug-likeness (QED) is 0.575. The van der Waals surface area contributed by atoms with Crippen molar-refractivity contribution in [3.8, 4) is 5.82 Å².